The third kappa shape index (κ3) is 1.65. The van der Waals surface area contributed by atoms with Crippen LogP contribution in [0.2, 0.25) is 0 Å². The van der Waals surface area contributed by atoms with E-state index >= 15 is 0 Å². The second kappa shape index (κ2) is 3.93. The fourth-order valence-corrected chi connectivity index (χ4v) is 1.99. The Morgan fingerprint density at radius 2 is 1.56 bits per heavy atom. The van der Waals surface area contributed by atoms with Gasteiger partial charge in [-0.1, -0.05) is 48.6 Å². The Labute approximate surface area is 95.4 Å². The molecule has 0 aliphatic heterocycles. The van der Waals surface area contributed by atoms with Crippen LogP contribution in [0.3, 0.4) is 0 Å². The Kier molecular flexibility index (Phi) is 2.61. The van der Waals surface area contributed by atoms with E-state index in [0.29, 0.717) is 0 Å². The van der Waals surface area contributed by atoms with Crippen molar-refractivity contribution >= 4 is 22.1 Å². The van der Waals surface area contributed by atoms with Crippen molar-refractivity contribution in [2.24, 2.45) is 0 Å². The topological polar surface area (TPSA) is 17.1 Å². The van der Waals surface area contributed by atoms with Crippen LogP contribution in [0, 0.1) is 0 Å². The van der Waals surface area contributed by atoms with Crippen LogP contribution in [0.5, 0.6) is 0 Å². The summed E-state index contributed by atoms with van der Waals surface area (Å²) >= 11 is 0. The normalized spacial score (nSPS) is 10.4. The molecule has 0 aromatic heterocycles. The van der Waals surface area contributed by atoms with Crippen LogP contribution in [0.4, 0.5) is 0 Å². The van der Waals surface area contributed by atoms with Gasteiger partial charge >= 0.3 is 0 Å². The summed E-state index contributed by atoms with van der Waals surface area (Å²) in [5.74, 6) is 0.0966. The largest absolute Gasteiger partial charge is 0.294 e. The zero-order valence-electron chi connectivity index (χ0n) is 9.58. The van der Waals surface area contributed by atoms with Crippen molar-refractivity contribution in [1.82, 2.24) is 0 Å². The standard InChI is InChI=1S/C15H14O/c1-10(2)13-8-4-6-12-7-5-9-14(11(3)16)15(12)13/h4-9H,1H2,2-3H3. The minimum absolute atomic E-state index is 0.0966. The number of hydrogen-bond acceptors (Lipinski definition) is 1. The second-order valence-electron chi connectivity index (χ2n) is 4.05. The molecule has 0 fully saturated rings. The summed E-state index contributed by atoms with van der Waals surface area (Å²) in [5.41, 5.74) is 2.82. The van der Waals surface area contributed by atoms with E-state index in [1.54, 1.807) is 6.92 Å². The van der Waals surface area contributed by atoms with E-state index in [4.69, 9.17) is 0 Å². The molecule has 1 nitrogen and oxygen atoms in total. The van der Waals surface area contributed by atoms with Crippen LogP contribution in [-0.4, -0.2) is 5.78 Å². The van der Waals surface area contributed by atoms with Crippen LogP contribution in [0.15, 0.2) is 43.0 Å². The van der Waals surface area contributed by atoms with Gasteiger partial charge < -0.3 is 0 Å². The molecule has 2 aromatic rings. The molecular formula is C15H14O. The van der Waals surface area contributed by atoms with Crippen LogP contribution in [-0.2, 0) is 0 Å². The molecule has 0 heterocycles. The molecule has 80 valence electrons. The lowest BCUT2D eigenvalue weighted by atomic mass is 9.94. The summed E-state index contributed by atoms with van der Waals surface area (Å²) in [6.07, 6.45) is 0. The average Bonchev–Trinajstić information content (AvgIpc) is 2.27. The van der Waals surface area contributed by atoms with Crippen molar-refractivity contribution in [1.29, 1.82) is 0 Å². The van der Waals surface area contributed by atoms with Crippen LogP contribution < -0.4 is 0 Å². The minimum Gasteiger partial charge on any atom is -0.294 e. The van der Waals surface area contributed by atoms with Gasteiger partial charge in [-0.25, -0.2) is 0 Å². The van der Waals surface area contributed by atoms with Gasteiger partial charge in [0.05, 0.1) is 0 Å². The monoisotopic (exact) mass is 210 g/mol. The van der Waals surface area contributed by atoms with Crippen molar-refractivity contribution in [3.8, 4) is 0 Å². The van der Waals surface area contributed by atoms with Crippen LogP contribution in [0.25, 0.3) is 16.3 Å². The van der Waals surface area contributed by atoms with Crippen molar-refractivity contribution < 1.29 is 4.79 Å². The molecule has 0 aliphatic rings. The summed E-state index contributed by atoms with van der Waals surface area (Å²) in [4.78, 5) is 11.6. The number of carbonyl (C=O) groups excluding carboxylic acids is 1. The lowest BCUT2D eigenvalue weighted by Crippen LogP contribution is -1.95. The van der Waals surface area contributed by atoms with Crippen molar-refractivity contribution in [3.05, 3.63) is 54.1 Å². The maximum atomic E-state index is 11.6. The lowest BCUT2D eigenvalue weighted by Gasteiger charge is -2.09. The number of carbonyl (C=O) groups is 1. The highest BCUT2D eigenvalue weighted by Gasteiger charge is 2.09. The van der Waals surface area contributed by atoms with Gasteiger partial charge in [0, 0.05) is 5.56 Å². The third-order valence-electron chi connectivity index (χ3n) is 2.74. The quantitative estimate of drug-likeness (QED) is 0.683. The van der Waals surface area contributed by atoms with E-state index < -0.39 is 0 Å². The van der Waals surface area contributed by atoms with Crippen molar-refractivity contribution in [3.63, 3.8) is 0 Å². The van der Waals surface area contributed by atoms with Crippen LogP contribution in [0.1, 0.15) is 29.8 Å². The van der Waals surface area contributed by atoms with E-state index in [9.17, 15) is 4.79 Å². The first kappa shape index (κ1) is 10.6. The van der Waals surface area contributed by atoms with Gasteiger partial charge in [0.1, 0.15) is 0 Å². The zero-order valence-corrected chi connectivity index (χ0v) is 9.58. The van der Waals surface area contributed by atoms with Crippen LogP contribution >= 0.6 is 0 Å². The molecule has 0 saturated carbocycles. The summed E-state index contributed by atoms with van der Waals surface area (Å²) in [6, 6.07) is 11.8. The van der Waals surface area contributed by atoms with E-state index in [1.165, 1.54) is 0 Å². The number of benzene rings is 2. The molecule has 0 spiro atoms. The van der Waals surface area contributed by atoms with Gasteiger partial charge in [-0.3, -0.25) is 4.79 Å². The fourth-order valence-electron chi connectivity index (χ4n) is 1.99. The predicted molar refractivity (Wildman–Crippen MR) is 68.7 cm³/mol. The van der Waals surface area contributed by atoms with Gasteiger partial charge in [-0.2, -0.15) is 0 Å². The van der Waals surface area contributed by atoms with Gasteiger partial charge in [-0.05, 0) is 30.2 Å². The Balaban J connectivity index is 2.92. The maximum absolute atomic E-state index is 11.6. The molecule has 16 heavy (non-hydrogen) atoms. The first-order chi connectivity index (χ1) is 7.61. The molecule has 2 rings (SSSR count). The number of rotatable bonds is 2. The molecule has 0 atom stereocenters. The van der Waals surface area contributed by atoms with Crippen molar-refractivity contribution in [2.45, 2.75) is 13.8 Å². The highest BCUT2D eigenvalue weighted by Crippen LogP contribution is 2.27. The number of allylic oxidation sites excluding steroid dienone is 1. The Bertz CT molecular complexity index is 530. The highest BCUT2D eigenvalue weighted by molar-refractivity contribution is 6.10. The molecule has 0 radical (unpaired) electrons. The molecular weight excluding hydrogens is 196 g/mol. The fraction of sp³-hybridized carbons (Fsp3) is 0.133. The van der Waals surface area contributed by atoms with E-state index in [1.807, 2.05) is 43.3 Å². The first-order valence-electron chi connectivity index (χ1n) is 5.30. The Hall–Kier alpha value is -1.89. The number of Topliss-reactive ketones (excluding diaryl/α,β-unsaturated/α-hetero) is 1. The molecule has 0 saturated heterocycles. The molecule has 0 bridgehead atoms. The summed E-state index contributed by atoms with van der Waals surface area (Å²) in [6.45, 7) is 7.53. The van der Waals surface area contributed by atoms with Gasteiger partial charge in [0.2, 0.25) is 0 Å². The molecule has 0 aliphatic carbocycles. The van der Waals surface area contributed by atoms with E-state index in [2.05, 4.69) is 6.58 Å². The first-order valence-corrected chi connectivity index (χ1v) is 5.30. The second-order valence-corrected chi connectivity index (χ2v) is 4.05. The maximum Gasteiger partial charge on any atom is 0.160 e. The molecule has 2 aromatic carbocycles. The Morgan fingerprint density at radius 3 is 2.06 bits per heavy atom. The average molecular weight is 210 g/mol. The van der Waals surface area contributed by atoms with Gasteiger partial charge in [-0.15, -0.1) is 0 Å². The summed E-state index contributed by atoms with van der Waals surface area (Å²) in [5, 5.41) is 2.11. The Morgan fingerprint density at radius 1 is 1.00 bits per heavy atom. The third-order valence-corrected chi connectivity index (χ3v) is 2.74. The van der Waals surface area contributed by atoms with E-state index in [0.717, 1.165) is 27.5 Å². The minimum atomic E-state index is 0.0966. The van der Waals surface area contributed by atoms with Gasteiger partial charge in [0.25, 0.3) is 0 Å². The molecule has 0 N–H and O–H groups in total. The summed E-state index contributed by atoms with van der Waals surface area (Å²) < 4.78 is 0. The number of hydrogen-bond donors (Lipinski definition) is 0. The predicted octanol–water partition coefficient (Wildman–Crippen LogP) is 4.08. The highest BCUT2D eigenvalue weighted by atomic mass is 16.1. The smallest absolute Gasteiger partial charge is 0.160 e. The van der Waals surface area contributed by atoms with E-state index in [-0.39, 0.29) is 5.78 Å². The summed E-state index contributed by atoms with van der Waals surface area (Å²) in [7, 11) is 0. The molecule has 0 unspecified atom stereocenters. The lowest BCUT2D eigenvalue weighted by molar-refractivity contribution is 0.101. The molecule has 0 amide bonds. The zero-order chi connectivity index (χ0) is 11.7. The number of fused-ring (bicyclic) bond motifs is 1. The molecule has 1 heteroatoms. The SMILES string of the molecule is C=C(C)c1cccc2cccc(C(C)=O)c12. The number of ketones is 1. The van der Waals surface area contributed by atoms with Crippen molar-refractivity contribution in [2.75, 3.05) is 0 Å². The van der Waals surface area contributed by atoms with Gasteiger partial charge in [0.15, 0.2) is 5.78 Å².